The zero-order valence-electron chi connectivity index (χ0n) is 18.1. The number of likely N-dealkylation sites (tertiary alicyclic amines) is 1. The summed E-state index contributed by atoms with van der Waals surface area (Å²) in [7, 11) is 1.76. The molecule has 0 unspecified atom stereocenters. The Labute approximate surface area is 187 Å². The van der Waals surface area contributed by atoms with Gasteiger partial charge in [0.2, 0.25) is 17.7 Å². The molecule has 2 atom stereocenters. The van der Waals surface area contributed by atoms with Crippen LogP contribution >= 0.6 is 0 Å². The molecule has 1 saturated heterocycles. The number of carbonyl (C=O) groups excluding carboxylic acids is 3. The van der Waals surface area contributed by atoms with Gasteiger partial charge in [0.25, 0.3) is 0 Å². The van der Waals surface area contributed by atoms with Gasteiger partial charge in [-0.05, 0) is 41.3 Å². The van der Waals surface area contributed by atoms with E-state index in [1.807, 2.05) is 24.3 Å². The van der Waals surface area contributed by atoms with Crippen LogP contribution in [0, 0.1) is 0 Å². The predicted molar refractivity (Wildman–Crippen MR) is 120 cm³/mol. The van der Waals surface area contributed by atoms with Crippen LogP contribution < -0.4 is 11.1 Å². The van der Waals surface area contributed by atoms with Crippen LogP contribution in [0.2, 0.25) is 0 Å². The van der Waals surface area contributed by atoms with Crippen LogP contribution in [0.3, 0.4) is 0 Å². The predicted octanol–water partition coefficient (Wildman–Crippen LogP) is 1.09. The molecule has 2 aliphatic rings. The maximum absolute atomic E-state index is 13.2. The summed E-state index contributed by atoms with van der Waals surface area (Å²) < 4.78 is 0. The second-order valence-corrected chi connectivity index (χ2v) is 8.61. The minimum Gasteiger partial charge on any atom is -0.392 e. The van der Waals surface area contributed by atoms with Gasteiger partial charge >= 0.3 is 0 Å². The number of hydrogen-bond acceptors (Lipinski definition) is 5. The minimum absolute atomic E-state index is 0.0391. The standard InChI is InChI=1S/C24H28N4O4/c1-27(23(31)10-15-5-6-16-12-22(30)26-20(16)9-15)21(14-28-8-7-19(29)13-28)17-3-2-4-18(11-17)24(25)32/h2-6,9,11,19,21,29H,7-8,10,12-14H2,1H3,(H2,25,32)(H,26,30)/t19-,21-/m1/s1. The van der Waals surface area contributed by atoms with E-state index >= 15 is 0 Å². The second-order valence-electron chi connectivity index (χ2n) is 8.61. The average molecular weight is 437 g/mol. The number of amides is 3. The van der Waals surface area contributed by atoms with Gasteiger partial charge in [-0.15, -0.1) is 0 Å². The summed E-state index contributed by atoms with van der Waals surface area (Å²) in [6, 6.07) is 12.4. The fraction of sp³-hybridized carbons (Fsp3) is 0.375. The number of benzene rings is 2. The van der Waals surface area contributed by atoms with Crippen LogP contribution in [0.1, 0.15) is 39.5 Å². The van der Waals surface area contributed by atoms with Crippen molar-refractivity contribution in [3.63, 3.8) is 0 Å². The highest BCUT2D eigenvalue weighted by Crippen LogP contribution is 2.27. The normalized spacial score (nSPS) is 18.8. The molecule has 2 aromatic rings. The van der Waals surface area contributed by atoms with E-state index in [-0.39, 0.29) is 30.4 Å². The number of fused-ring (bicyclic) bond motifs is 1. The highest BCUT2D eigenvalue weighted by atomic mass is 16.3. The van der Waals surface area contributed by atoms with Gasteiger partial charge in [-0.25, -0.2) is 0 Å². The van der Waals surface area contributed by atoms with E-state index in [2.05, 4.69) is 10.2 Å². The Kier molecular flexibility index (Phi) is 6.25. The summed E-state index contributed by atoms with van der Waals surface area (Å²) in [5.41, 5.74) is 9.20. The van der Waals surface area contributed by atoms with Crippen molar-refractivity contribution in [1.29, 1.82) is 0 Å². The SMILES string of the molecule is CN(C(=O)Cc1ccc2c(c1)NC(=O)C2)[C@H](CN1CC[C@@H](O)C1)c1cccc(C(N)=O)c1. The lowest BCUT2D eigenvalue weighted by atomic mass is 10.0. The number of nitrogens with one attached hydrogen (secondary N) is 1. The molecule has 0 aromatic heterocycles. The third kappa shape index (κ3) is 4.81. The average Bonchev–Trinajstić information content (AvgIpc) is 3.35. The lowest BCUT2D eigenvalue weighted by Crippen LogP contribution is -2.39. The van der Waals surface area contributed by atoms with Crippen molar-refractivity contribution in [2.24, 2.45) is 5.73 Å². The molecule has 0 spiro atoms. The van der Waals surface area contributed by atoms with Crippen LogP contribution in [-0.4, -0.2) is 65.4 Å². The molecule has 0 bridgehead atoms. The fourth-order valence-corrected chi connectivity index (χ4v) is 4.42. The Bertz CT molecular complexity index is 1050. The molecular weight excluding hydrogens is 408 g/mol. The Morgan fingerprint density at radius 3 is 2.81 bits per heavy atom. The van der Waals surface area contributed by atoms with E-state index in [9.17, 15) is 19.5 Å². The molecule has 2 aromatic carbocycles. The molecular formula is C24H28N4O4. The number of rotatable bonds is 7. The van der Waals surface area contributed by atoms with Gasteiger partial charge in [-0.2, -0.15) is 0 Å². The molecule has 4 N–H and O–H groups in total. The summed E-state index contributed by atoms with van der Waals surface area (Å²) >= 11 is 0. The Morgan fingerprint density at radius 1 is 1.28 bits per heavy atom. The van der Waals surface area contributed by atoms with Gasteiger partial charge in [0.05, 0.1) is 25.0 Å². The molecule has 8 nitrogen and oxygen atoms in total. The number of β-amino-alcohol motifs (C(OH)–C–C–N with tert-alkyl or cyclic N) is 1. The molecule has 0 saturated carbocycles. The third-order valence-corrected chi connectivity index (χ3v) is 6.25. The maximum Gasteiger partial charge on any atom is 0.248 e. The molecule has 8 heteroatoms. The number of aliphatic hydroxyl groups excluding tert-OH is 1. The van der Waals surface area contributed by atoms with Gasteiger partial charge in [0.15, 0.2) is 0 Å². The van der Waals surface area contributed by atoms with E-state index in [0.717, 1.165) is 28.9 Å². The number of primary amides is 1. The largest absolute Gasteiger partial charge is 0.392 e. The second kappa shape index (κ2) is 9.10. The van der Waals surface area contributed by atoms with E-state index in [1.54, 1.807) is 30.1 Å². The Balaban J connectivity index is 1.55. The van der Waals surface area contributed by atoms with E-state index in [1.165, 1.54) is 0 Å². The lowest BCUT2D eigenvalue weighted by molar-refractivity contribution is -0.131. The summed E-state index contributed by atoms with van der Waals surface area (Å²) in [6.45, 7) is 1.85. The first-order valence-corrected chi connectivity index (χ1v) is 10.8. The maximum atomic E-state index is 13.2. The van der Waals surface area contributed by atoms with Gasteiger partial charge in [0, 0.05) is 37.9 Å². The molecule has 1 fully saturated rings. The summed E-state index contributed by atoms with van der Waals surface area (Å²) in [5.74, 6) is -0.636. The lowest BCUT2D eigenvalue weighted by Gasteiger charge is -2.32. The summed E-state index contributed by atoms with van der Waals surface area (Å²) in [4.78, 5) is 40.3. The highest BCUT2D eigenvalue weighted by molar-refractivity contribution is 5.99. The number of likely N-dealkylation sites (N-methyl/N-ethyl adjacent to an activating group) is 1. The van der Waals surface area contributed by atoms with Crippen LogP contribution in [0.15, 0.2) is 42.5 Å². The smallest absolute Gasteiger partial charge is 0.248 e. The van der Waals surface area contributed by atoms with Crippen molar-refractivity contribution in [3.05, 3.63) is 64.7 Å². The van der Waals surface area contributed by atoms with Crippen molar-refractivity contribution in [3.8, 4) is 0 Å². The molecule has 168 valence electrons. The number of anilines is 1. The van der Waals surface area contributed by atoms with E-state index < -0.39 is 5.91 Å². The number of aliphatic hydroxyl groups is 1. The number of hydrogen-bond donors (Lipinski definition) is 3. The first-order chi connectivity index (χ1) is 15.3. The van der Waals surface area contributed by atoms with Gasteiger partial charge in [-0.1, -0.05) is 24.3 Å². The van der Waals surface area contributed by atoms with Crippen molar-refractivity contribution < 1.29 is 19.5 Å². The number of carbonyl (C=O) groups is 3. The van der Waals surface area contributed by atoms with Crippen LogP contribution in [0.5, 0.6) is 0 Å². The van der Waals surface area contributed by atoms with E-state index in [0.29, 0.717) is 31.5 Å². The number of nitrogens with two attached hydrogens (primary N) is 1. The highest BCUT2D eigenvalue weighted by Gasteiger charge is 2.29. The van der Waals surface area contributed by atoms with Crippen molar-refractivity contribution in [2.45, 2.75) is 31.4 Å². The van der Waals surface area contributed by atoms with Crippen molar-refractivity contribution >= 4 is 23.4 Å². The van der Waals surface area contributed by atoms with Crippen LogP contribution in [0.4, 0.5) is 5.69 Å². The topological polar surface area (TPSA) is 116 Å². The van der Waals surface area contributed by atoms with Gasteiger partial charge in [0.1, 0.15) is 0 Å². The molecule has 0 radical (unpaired) electrons. The Hall–Kier alpha value is -3.23. The van der Waals surface area contributed by atoms with Crippen LogP contribution in [0.25, 0.3) is 0 Å². The summed E-state index contributed by atoms with van der Waals surface area (Å²) in [6.07, 6.45) is 0.889. The Morgan fingerprint density at radius 2 is 2.09 bits per heavy atom. The molecule has 32 heavy (non-hydrogen) atoms. The summed E-state index contributed by atoms with van der Waals surface area (Å²) in [5, 5.41) is 12.7. The fourth-order valence-electron chi connectivity index (χ4n) is 4.42. The van der Waals surface area contributed by atoms with Crippen molar-refractivity contribution in [1.82, 2.24) is 9.80 Å². The number of nitrogens with zero attached hydrogens (tertiary/aromatic N) is 2. The van der Waals surface area contributed by atoms with Gasteiger partial charge < -0.3 is 21.1 Å². The molecule has 2 aliphatic heterocycles. The quantitative estimate of drug-likeness (QED) is 0.601. The minimum atomic E-state index is -0.517. The monoisotopic (exact) mass is 436 g/mol. The zero-order valence-corrected chi connectivity index (χ0v) is 18.1. The van der Waals surface area contributed by atoms with Crippen LogP contribution in [-0.2, 0) is 22.4 Å². The van der Waals surface area contributed by atoms with E-state index in [4.69, 9.17) is 5.73 Å². The first kappa shape index (κ1) is 22.0. The molecule has 3 amide bonds. The molecule has 0 aliphatic carbocycles. The molecule has 2 heterocycles. The first-order valence-electron chi connectivity index (χ1n) is 10.8. The zero-order chi connectivity index (χ0) is 22.8. The van der Waals surface area contributed by atoms with Gasteiger partial charge in [-0.3, -0.25) is 19.3 Å². The third-order valence-electron chi connectivity index (χ3n) is 6.25. The van der Waals surface area contributed by atoms with Crippen molar-refractivity contribution in [2.75, 3.05) is 32.0 Å². The molecule has 4 rings (SSSR count).